The maximum atomic E-state index is 11.7. The van der Waals surface area contributed by atoms with E-state index in [-0.39, 0.29) is 0 Å². The number of carbonyl (C=O) groups is 1. The van der Waals surface area contributed by atoms with Gasteiger partial charge in [0.05, 0.1) is 11.0 Å². The Labute approximate surface area is 149 Å². The van der Waals surface area contributed by atoms with E-state index in [1.807, 2.05) is 53.1 Å². The fourth-order valence-corrected chi connectivity index (χ4v) is 3.99. The molecule has 4 aromatic rings. The minimum atomic E-state index is -0.872. The Kier molecular flexibility index (Phi) is 4.07. The number of hydrogen-bond acceptors (Lipinski definition) is 3. The average Bonchev–Trinajstić information content (AvgIpc) is 3.25. The summed E-state index contributed by atoms with van der Waals surface area (Å²) in [6, 6.07) is 20.0. The number of benzene rings is 2. The average molecular weight is 348 g/mol. The molecule has 0 saturated carbocycles. The van der Waals surface area contributed by atoms with Crippen molar-refractivity contribution in [2.75, 3.05) is 0 Å². The van der Waals surface area contributed by atoms with Crippen LogP contribution in [0.3, 0.4) is 0 Å². The Balaban J connectivity index is 1.69. The summed E-state index contributed by atoms with van der Waals surface area (Å²) in [5, 5.41) is 10.5. The lowest BCUT2D eigenvalue weighted by Crippen LogP contribution is -1.99. The Morgan fingerprint density at radius 3 is 2.60 bits per heavy atom. The molecule has 4 rings (SSSR count). The van der Waals surface area contributed by atoms with Crippen LogP contribution in [0.15, 0.2) is 67.0 Å². The molecule has 0 bridgehead atoms. The normalized spacial score (nSPS) is 11.0. The molecular weight excluding hydrogens is 332 g/mol. The van der Waals surface area contributed by atoms with Crippen LogP contribution in [0.5, 0.6) is 0 Å². The second-order valence-electron chi connectivity index (χ2n) is 5.83. The van der Waals surface area contributed by atoms with E-state index in [0.29, 0.717) is 11.3 Å². The lowest BCUT2D eigenvalue weighted by Gasteiger charge is -2.01. The third-order valence-electron chi connectivity index (χ3n) is 4.21. The number of rotatable bonds is 5. The molecule has 0 aliphatic rings. The first kappa shape index (κ1) is 15.6. The lowest BCUT2D eigenvalue weighted by molar-refractivity contribution is 0.0701. The van der Waals surface area contributed by atoms with Crippen molar-refractivity contribution in [3.63, 3.8) is 0 Å². The number of thiophene rings is 1. The lowest BCUT2D eigenvalue weighted by atomic mass is 10.1. The minimum Gasteiger partial charge on any atom is -0.477 e. The van der Waals surface area contributed by atoms with Crippen molar-refractivity contribution in [2.24, 2.45) is 0 Å². The maximum Gasteiger partial charge on any atom is 0.346 e. The van der Waals surface area contributed by atoms with Gasteiger partial charge >= 0.3 is 5.97 Å². The van der Waals surface area contributed by atoms with Crippen molar-refractivity contribution in [3.8, 4) is 5.00 Å². The molecule has 2 aromatic heterocycles. The fourth-order valence-electron chi connectivity index (χ4n) is 2.96. The number of aryl methyl sites for hydroxylation is 2. The molecule has 1 N–H and O–H groups in total. The zero-order valence-corrected chi connectivity index (χ0v) is 14.2. The molecule has 0 unspecified atom stereocenters. The molecule has 2 heterocycles. The highest BCUT2D eigenvalue weighted by molar-refractivity contribution is 7.16. The zero-order valence-electron chi connectivity index (χ0n) is 13.4. The fraction of sp³-hybridized carbons (Fsp3) is 0.100. The standard InChI is InChI=1S/C20H16N2O2S/c23-20(24)19-15(11-10-14-6-2-1-3-7-14)12-18(25-19)22-13-21-16-8-4-5-9-17(16)22/h1-9,12-13H,10-11H2,(H,23,24). The van der Waals surface area contributed by atoms with Crippen molar-refractivity contribution in [1.29, 1.82) is 0 Å². The van der Waals surface area contributed by atoms with E-state index < -0.39 is 5.97 Å². The Morgan fingerprint density at radius 2 is 1.80 bits per heavy atom. The maximum absolute atomic E-state index is 11.7. The topological polar surface area (TPSA) is 55.1 Å². The number of nitrogens with zero attached hydrogens (tertiary/aromatic N) is 2. The molecule has 0 spiro atoms. The van der Waals surface area contributed by atoms with Gasteiger partial charge in [-0.05, 0) is 42.2 Å². The summed E-state index contributed by atoms with van der Waals surface area (Å²) >= 11 is 1.30. The van der Waals surface area contributed by atoms with Crippen LogP contribution < -0.4 is 0 Å². The molecule has 0 radical (unpaired) electrons. The summed E-state index contributed by atoms with van der Waals surface area (Å²) in [6.07, 6.45) is 3.28. The van der Waals surface area contributed by atoms with Gasteiger partial charge in [-0.25, -0.2) is 9.78 Å². The van der Waals surface area contributed by atoms with E-state index in [1.54, 1.807) is 6.33 Å². The third kappa shape index (κ3) is 3.06. The van der Waals surface area contributed by atoms with E-state index in [9.17, 15) is 9.90 Å². The van der Waals surface area contributed by atoms with Gasteiger partial charge in [0.25, 0.3) is 0 Å². The summed E-state index contributed by atoms with van der Waals surface area (Å²) in [5.74, 6) is -0.872. The van der Waals surface area contributed by atoms with E-state index in [2.05, 4.69) is 17.1 Å². The highest BCUT2D eigenvalue weighted by atomic mass is 32.1. The monoisotopic (exact) mass is 348 g/mol. The molecule has 124 valence electrons. The van der Waals surface area contributed by atoms with Gasteiger partial charge < -0.3 is 5.11 Å². The Bertz CT molecular complexity index is 1030. The van der Waals surface area contributed by atoms with Crippen LogP contribution in [0, 0.1) is 0 Å². The molecule has 4 nitrogen and oxygen atoms in total. The first-order valence-corrected chi connectivity index (χ1v) is 8.86. The largest absolute Gasteiger partial charge is 0.477 e. The predicted octanol–water partition coefficient (Wildman–Crippen LogP) is 4.57. The molecule has 0 amide bonds. The van der Waals surface area contributed by atoms with Gasteiger partial charge in [0.15, 0.2) is 0 Å². The zero-order chi connectivity index (χ0) is 17.2. The molecule has 25 heavy (non-hydrogen) atoms. The molecule has 2 aromatic carbocycles. The molecule has 0 aliphatic heterocycles. The number of aromatic nitrogens is 2. The van der Waals surface area contributed by atoms with Crippen molar-refractivity contribution in [1.82, 2.24) is 9.55 Å². The second kappa shape index (κ2) is 6.53. The van der Waals surface area contributed by atoms with Crippen LogP contribution in [-0.2, 0) is 12.8 Å². The summed E-state index contributed by atoms with van der Waals surface area (Å²) in [5.41, 5.74) is 3.96. The number of carboxylic acids is 1. The predicted molar refractivity (Wildman–Crippen MR) is 99.8 cm³/mol. The summed E-state index contributed by atoms with van der Waals surface area (Å²) < 4.78 is 1.96. The van der Waals surface area contributed by atoms with Crippen LogP contribution in [-0.4, -0.2) is 20.6 Å². The van der Waals surface area contributed by atoms with Crippen LogP contribution in [0.1, 0.15) is 20.8 Å². The minimum absolute atomic E-state index is 0.406. The number of imidazole rings is 1. The van der Waals surface area contributed by atoms with Crippen molar-refractivity contribution in [3.05, 3.63) is 83.0 Å². The smallest absolute Gasteiger partial charge is 0.346 e. The summed E-state index contributed by atoms with van der Waals surface area (Å²) in [4.78, 5) is 16.5. The van der Waals surface area contributed by atoms with Gasteiger partial charge in [-0.3, -0.25) is 4.57 Å². The SMILES string of the molecule is O=C(O)c1sc(-n2cnc3ccccc32)cc1CCc1ccccc1. The van der Waals surface area contributed by atoms with Crippen molar-refractivity contribution < 1.29 is 9.90 Å². The van der Waals surface area contributed by atoms with E-state index in [1.165, 1.54) is 16.9 Å². The first-order chi connectivity index (χ1) is 12.2. The van der Waals surface area contributed by atoms with Gasteiger partial charge in [0.2, 0.25) is 0 Å². The second-order valence-corrected chi connectivity index (χ2v) is 6.86. The van der Waals surface area contributed by atoms with Gasteiger partial charge in [0.1, 0.15) is 16.2 Å². The van der Waals surface area contributed by atoms with Gasteiger partial charge in [0, 0.05) is 0 Å². The van der Waals surface area contributed by atoms with E-state index in [0.717, 1.165) is 28.0 Å². The number of fused-ring (bicyclic) bond motifs is 1. The van der Waals surface area contributed by atoms with E-state index in [4.69, 9.17) is 0 Å². The molecule has 5 heteroatoms. The quantitative estimate of drug-likeness (QED) is 0.575. The molecule has 0 fully saturated rings. The first-order valence-electron chi connectivity index (χ1n) is 8.05. The summed E-state index contributed by atoms with van der Waals surface area (Å²) in [7, 11) is 0. The van der Waals surface area contributed by atoms with Gasteiger partial charge in [-0.1, -0.05) is 42.5 Å². The molecule has 0 aliphatic carbocycles. The molecular formula is C20H16N2O2S. The van der Waals surface area contributed by atoms with Crippen LogP contribution in [0.4, 0.5) is 0 Å². The number of hydrogen-bond donors (Lipinski definition) is 1. The van der Waals surface area contributed by atoms with Crippen LogP contribution in [0.25, 0.3) is 16.0 Å². The highest BCUT2D eigenvalue weighted by Gasteiger charge is 2.17. The van der Waals surface area contributed by atoms with Crippen molar-refractivity contribution in [2.45, 2.75) is 12.8 Å². The Hall–Kier alpha value is -2.92. The van der Waals surface area contributed by atoms with Crippen LogP contribution >= 0.6 is 11.3 Å². The highest BCUT2D eigenvalue weighted by Crippen LogP contribution is 2.29. The van der Waals surface area contributed by atoms with Gasteiger partial charge in [-0.15, -0.1) is 11.3 Å². The number of aromatic carboxylic acids is 1. The Morgan fingerprint density at radius 1 is 1.04 bits per heavy atom. The third-order valence-corrected chi connectivity index (χ3v) is 5.37. The molecule has 0 atom stereocenters. The van der Waals surface area contributed by atoms with Gasteiger partial charge in [-0.2, -0.15) is 0 Å². The van der Waals surface area contributed by atoms with E-state index >= 15 is 0 Å². The molecule has 0 saturated heterocycles. The number of carboxylic acid groups (broad SMARTS) is 1. The van der Waals surface area contributed by atoms with Crippen LogP contribution in [0.2, 0.25) is 0 Å². The van der Waals surface area contributed by atoms with Crippen molar-refractivity contribution >= 4 is 28.3 Å². The number of para-hydroxylation sites is 2. The summed E-state index contributed by atoms with van der Waals surface area (Å²) in [6.45, 7) is 0.